The van der Waals surface area contributed by atoms with Crippen LogP contribution in [-0.2, 0) is 16.1 Å². The summed E-state index contributed by atoms with van der Waals surface area (Å²) >= 11 is 0. The minimum absolute atomic E-state index is 0.219. The molecule has 0 fully saturated rings. The highest BCUT2D eigenvalue weighted by molar-refractivity contribution is 5.72. The molecule has 0 aliphatic rings. The van der Waals surface area contributed by atoms with Crippen LogP contribution in [0.4, 0.5) is 5.69 Å². The van der Waals surface area contributed by atoms with E-state index in [1.165, 1.54) is 0 Å². The lowest BCUT2D eigenvalue weighted by Gasteiger charge is -2.22. The van der Waals surface area contributed by atoms with Gasteiger partial charge in [-0.3, -0.25) is 0 Å². The van der Waals surface area contributed by atoms with Crippen LogP contribution in [0.2, 0.25) is 0 Å². The zero-order chi connectivity index (χ0) is 15.2. The maximum atomic E-state index is 12.0. The summed E-state index contributed by atoms with van der Waals surface area (Å²) in [6.45, 7) is 4.02. The molecule has 0 N–H and O–H groups in total. The van der Waals surface area contributed by atoms with E-state index in [-0.39, 0.29) is 5.97 Å². The molecule has 2 rings (SSSR count). The van der Waals surface area contributed by atoms with E-state index in [4.69, 9.17) is 4.84 Å². The van der Waals surface area contributed by atoms with Gasteiger partial charge in [0.2, 0.25) is 0 Å². The summed E-state index contributed by atoms with van der Waals surface area (Å²) in [5.41, 5.74) is 4.27. The summed E-state index contributed by atoms with van der Waals surface area (Å²) in [4.78, 5) is 17.4. The van der Waals surface area contributed by atoms with Gasteiger partial charge in [-0.15, -0.1) is 0 Å². The van der Waals surface area contributed by atoms with Crippen molar-refractivity contribution in [2.24, 2.45) is 0 Å². The Labute approximate surface area is 126 Å². The molecule has 0 saturated heterocycles. The highest BCUT2D eigenvalue weighted by Crippen LogP contribution is 2.23. The summed E-state index contributed by atoms with van der Waals surface area (Å²) in [5, 5.41) is 1.57. The van der Waals surface area contributed by atoms with Gasteiger partial charge in [0.05, 0.1) is 12.1 Å². The lowest BCUT2D eigenvalue weighted by Crippen LogP contribution is -2.24. The molecule has 3 nitrogen and oxygen atoms in total. The van der Waals surface area contributed by atoms with Gasteiger partial charge in [0.25, 0.3) is 0 Å². The van der Waals surface area contributed by atoms with Crippen molar-refractivity contribution in [2.45, 2.75) is 26.7 Å². The van der Waals surface area contributed by atoms with Gasteiger partial charge in [-0.25, -0.2) is 9.86 Å². The first-order chi connectivity index (χ1) is 10.1. The summed E-state index contributed by atoms with van der Waals surface area (Å²) in [7, 11) is 1.77. The molecule has 0 spiro atoms. The Morgan fingerprint density at radius 2 is 1.62 bits per heavy atom. The number of nitrogens with zero attached hydrogens (tertiary/aromatic N) is 1. The number of carbonyl (C=O) groups excluding carboxylic acids is 1. The second-order valence-corrected chi connectivity index (χ2v) is 5.19. The second-order valence-electron chi connectivity index (χ2n) is 5.19. The number of carbonyl (C=O) groups is 1. The molecule has 2 aromatic carbocycles. The number of benzene rings is 2. The minimum Gasteiger partial charge on any atom is -0.341 e. The quantitative estimate of drug-likeness (QED) is 0.781. The fourth-order valence-electron chi connectivity index (χ4n) is 2.44. The molecule has 0 aliphatic carbocycles. The monoisotopic (exact) mass is 283 g/mol. The van der Waals surface area contributed by atoms with E-state index in [1.54, 1.807) is 12.1 Å². The largest absolute Gasteiger partial charge is 0.341 e. The molecule has 0 unspecified atom stereocenters. The number of para-hydroxylation sites is 1. The first-order valence-corrected chi connectivity index (χ1v) is 7.12. The van der Waals surface area contributed by atoms with Crippen molar-refractivity contribution in [3.8, 4) is 0 Å². The third kappa shape index (κ3) is 4.09. The zero-order valence-corrected chi connectivity index (χ0v) is 12.8. The van der Waals surface area contributed by atoms with E-state index in [1.807, 2.05) is 62.4 Å². The van der Waals surface area contributed by atoms with Gasteiger partial charge in [0.1, 0.15) is 0 Å². The molecule has 0 atom stereocenters. The van der Waals surface area contributed by atoms with E-state index < -0.39 is 0 Å². The van der Waals surface area contributed by atoms with Crippen LogP contribution in [0.25, 0.3) is 0 Å². The van der Waals surface area contributed by atoms with Crippen molar-refractivity contribution in [3.63, 3.8) is 0 Å². The van der Waals surface area contributed by atoms with Gasteiger partial charge < -0.3 is 4.84 Å². The van der Waals surface area contributed by atoms with Crippen molar-refractivity contribution < 1.29 is 9.63 Å². The minimum atomic E-state index is -0.219. The molecule has 0 radical (unpaired) electrons. The smallest absolute Gasteiger partial charge is 0.332 e. The van der Waals surface area contributed by atoms with Gasteiger partial charge >= 0.3 is 5.97 Å². The molecule has 0 aliphatic heterocycles. The van der Waals surface area contributed by atoms with Crippen molar-refractivity contribution in [3.05, 3.63) is 65.2 Å². The third-order valence-electron chi connectivity index (χ3n) is 3.45. The van der Waals surface area contributed by atoms with E-state index in [0.717, 1.165) is 22.4 Å². The van der Waals surface area contributed by atoms with Crippen LogP contribution < -0.4 is 5.06 Å². The molecule has 2 aromatic rings. The Hall–Kier alpha value is -2.29. The van der Waals surface area contributed by atoms with Crippen LogP contribution in [0.3, 0.4) is 0 Å². The zero-order valence-electron chi connectivity index (χ0n) is 12.8. The van der Waals surface area contributed by atoms with Crippen molar-refractivity contribution in [1.29, 1.82) is 0 Å². The fourth-order valence-corrected chi connectivity index (χ4v) is 2.44. The molecule has 0 aromatic heterocycles. The van der Waals surface area contributed by atoms with Gasteiger partial charge in [-0.05, 0) is 37.0 Å². The molecule has 0 saturated carbocycles. The molecule has 0 bridgehead atoms. The van der Waals surface area contributed by atoms with Crippen molar-refractivity contribution >= 4 is 11.7 Å². The third-order valence-corrected chi connectivity index (χ3v) is 3.45. The lowest BCUT2D eigenvalue weighted by molar-refractivity contribution is -0.144. The summed E-state index contributed by atoms with van der Waals surface area (Å²) in [5.74, 6) is -0.219. The summed E-state index contributed by atoms with van der Waals surface area (Å²) < 4.78 is 0. The van der Waals surface area contributed by atoms with Gasteiger partial charge in [0, 0.05) is 7.05 Å². The van der Waals surface area contributed by atoms with E-state index in [0.29, 0.717) is 12.8 Å². The Morgan fingerprint density at radius 1 is 1.00 bits per heavy atom. The first kappa shape index (κ1) is 15.1. The second kappa shape index (κ2) is 6.93. The Bertz CT molecular complexity index is 588. The van der Waals surface area contributed by atoms with Gasteiger partial charge in [-0.2, -0.15) is 0 Å². The molecule has 3 heteroatoms. The molecule has 0 amide bonds. The number of anilines is 1. The SMILES string of the molecule is Cc1cccc(C)c1N(C)OC(=O)CCc1ccccc1. The van der Waals surface area contributed by atoms with E-state index >= 15 is 0 Å². The van der Waals surface area contributed by atoms with Crippen molar-refractivity contribution in [2.75, 3.05) is 12.1 Å². The number of hydrogen-bond donors (Lipinski definition) is 0. The van der Waals surface area contributed by atoms with E-state index in [9.17, 15) is 4.79 Å². The maximum Gasteiger partial charge on any atom is 0.332 e. The van der Waals surface area contributed by atoms with E-state index in [2.05, 4.69) is 0 Å². The van der Waals surface area contributed by atoms with Crippen molar-refractivity contribution in [1.82, 2.24) is 0 Å². The normalized spacial score (nSPS) is 10.2. The van der Waals surface area contributed by atoms with Crippen LogP contribution in [0.15, 0.2) is 48.5 Å². The number of aryl methyl sites for hydroxylation is 3. The number of hydroxylamine groups is 1. The highest BCUT2D eigenvalue weighted by Gasteiger charge is 2.13. The number of hydrogen-bond acceptors (Lipinski definition) is 3. The van der Waals surface area contributed by atoms with Crippen LogP contribution in [0, 0.1) is 13.8 Å². The van der Waals surface area contributed by atoms with Gasteiger partial charge in [-0.1, -0.05) is 48.5 Å². The maximum absolute atomic E-state index is 12.0. The molecular formula is C18H21NO2. The Balaban J connectivity index is 1.93. The molecule has 0 heterocycles. The lowest BCUT2D eigenvalue weighted by atomic mass is 10.1. The van der Waals surface area contributed by atoms with Crippen LogP contribution >= 0.6 is 0 Å². The average Bonchev–Trinajstić information content (AvgIpc) is 2.46. The van der Waals surface area contributed by atoms with Crippen LogP contribution in [0.1, 0.15) is 23.1 Å². The summed E-state index contributed by atoms with van der Waals surface area (Å²) in [6.07, 6.45) is 1.07. The van der Waals surface area contributed by atoms with Gasteiger partial charge in [0.15, 0.2) is 0 Å². The Kier molecular flexibility index (Phi) is 4.99. The predicted molar refractivity (Wildman–Crippen MR) is 85.2 cm³/mol. The first-order valence-electron chi connectivity index (χ1n) is 7.12. The highest BCUT2D eigenvalue weighted by atomic mass is 16.7. The Morgan fingerprint density at radius 3 is 2.24 bits per heavy atom. The summed E-state index contributed by atoms with van der Waals surface area (Å²) in [6, 6.07) is 16.0. The molecule has 110 valence electrons. The topological polar surface area (TPSA) is 29.5 Å². The number of rotatable bonds is 5. The standard InChI is InChI=1S/C18H21NO2/c1-14-8-7-9-15(2)18(14)19(3)21-17(20)13-12-16-10-5-4-6-11-16/h4-11H,12-13H2,1-3H3. The van der Waals surface area contributed by atoms with Crippen LogP contribution in [-0.4, -0.2) is 13.0 Å². The average molecular weight is 283 g/mol. The molecular weight excluding hydrogens is 262 g/mol. The fraction of sp³-hybridized carbons (Fsp3) is 0.278. The molecule has 21 heavy (non-hydrogen) atoms. The van der Waals surface area contributed by atoms with Crippen LogP contribution in [0.5, 0.6) is 0 Å². The predicted octanol–water partition coefficient (Wildman–Crippen LogP) is 3.83.